The van der Waals surface area contributed by atoms with Crippen LogP contribution in [0.25, 0.3) is 11.0 Å². The number of nitrogens with two attached hydrogens (primary N) is 1. The zero-order valence-corrected chi connectivity index (χ0v) is 19.5. The maximum absolute atomic E-state index is 13.7. The van der Waals surface area contributed by atoms with Crippen molar-refractivity contribution in [3.8, 4) is 0 Å². The summed E-state index contributed by atoms with van der Waals surface area (Å²) in [6.45, 7) is 2.91. The van der Waals surface area contributed by atoms with E-state index in [1.54, 1.807) is 12.1 Å². The van der Waals surface area contributed by atoms with Crippen molar-refractivity contribution in [2.75, 3.05) is 6.54 Å². The molecule has 0 aliphatic rings. The van der Waals surface area contributed by atoms with Crippen LogP contribution in [0.1, 0.15) is 34.0 Å². The third-order valence-electron chi connectivity index (χ3n) is 5.90. The summed E-state index contributed by atoms with van der Waals surface area (Å²) in [5.74, 6) is -1.94. The van der Waals surface area contributed by atoms with Crippen molar-refractivity contribution in [1.29, 1.82) is 0 Å². The Labute approximate surface area is 202 Å². The number of esters is 1. The van der Waals surface area contributed by atoms with Crippen molar-refractivity contribution in [3.05, 3.63) is 107 Å². The Morgan fingerprint density at radius 3 is 2.51 bits per heavy atom. The Hall–Kier alpha value is -3.55. The summed E-state index contributed by atoms with van der Waals surface area (Å²) in [6.07, 6.45) is 1.67. The summed E-state index contributed by atoms with van der Waals surface area (Å²) in [7, 11) is 0. The summed E-state index contributed by atoms with van der Waals surface area (Å²) in [5, 5.41) is 3.94. The number of hydrogen-bond acceptors (Lipinski definition) is 5. The molecule has 0 bridgehead atoms. The van der Waals surface area contributed by atoms with Gasteiger partial charge in [0, 0.05) is 30.6 Å². The number of ether oxygens (including phenoxy) is 1. The lowest BCUT2D eigenvalue weighted by Crippen LogP contribution is -2.46. The number of aryl methyl sites for hydroxylation is 1. The third-order valence-corrected chi connectivity index (χ3v) is 5.90. The van der Waals surface area contributed by atoms with Crippen LogP contribution < -0.4 is 11.1 Å². The minimum atomic E-state index is -0.753. The molecule has 5 nitrogen and oxygen atoms in total. The van der Waals surface area contributed by atoms with Gasteiger partial charge in [0.2, 0.25) is 0 Å². The number of para-hydroxylation sites is 1. The van der Waals surface area contributed by atoms with Crippen LogP contribution in [0.15, 0.2) is 77.4 Å². The van der Waals surface area contributed by atoms with Gasteiger partial charge in [-0.1, -0.05) is 49.4 Å². The van der Waals surface area contributed by atoms with Crippen LogP contribution in [0.2, 0.25) is 0 Å². The summed E-state index contributed by atoms with van der Waals surface area (Å²) >= 11 is 0. The van der Waals surface area contributed by atoms with Gasteiger partial charge >= 0.3 is 5.97 Å². The molecule has 0 unspecified atom stereocenters. The number of carbonyl (C=O) groups excluding carboxylic acids is 1. The Balaban J connectivity index is 1.49. The average Bonchev–Trinajstić information content (AvgIpc) is 3.27. The summed E-state index contributed by atoms with van der Waals surface area (Å²) in [4.78, 5) is 13.0. The van der Waals surface area contributed by atoms with E-state index in [0.717, 1.165) is 18.1 Å². The normalized spacial score (nSPS) is 13.0. The van der Waals surface area contributed by atoms with E-state index in [1.807, 2.05) is 24.3 Å². The number of nitrogens with one attached hydrogen (secondary N) is 1. The molecule has 1 heterocycles. The minimum absolute atomic E-state index is 0.131. The number of rotatable bonds is 10. The molecule has 182 valence electrons. The van der Waals surface area contributed by atoms with Gasteiger partial charge in [-0.05, 0) is 47.7 Å². The van der Waals surface area contributed by atoms with Gasteiger partial charge in [0.05, 0.1) is 0 Å². The van der Waals surface area contributed by atoms with Gasteiger partial charge in [-0.2, -0.15) is 0 Å². The molecule has 0 aliphatic heterocycles. The molecule has 3 N–H and O–H groups in total. The number of carbonyl (C=O) groups is 1. The topological polar surface area (TPSA) is 77.5 Å². The third kappa shape index (κ3) is 6.32. The van der Waals surface area contributed by atoms with Crippen LogP contribution in [0.4, 0.5) is 8.78 Å². The van der Waals surface area contributed by atoms with Gasteiger partial charge in [0.1, 0.15) is 35.1 Å². The predicted molar refractivity (Wildman–Crippen MR) is 131 cm³/mol. The Morgan fingerprint density at radius 1 is 1.00 bits per heavy atom. The predicted octanol–water partition coefficient (Wildman–Crippen LogP) is 5.16. The molecule has 4 aromatic rings. The van der Waals surface area contributed by atoms with Crippen LogP contribution >= 0.6 is 0 Å². The maximum atomic E-state index is 13.7. The van der Waals surface area contributed by atoms with Crippen LogP contribution in [0, 0.1) is 11.6 Å². The molecular weight excluding hydrogens is 450 g/mol. The van der Waals surface area contributed by atoms with Crippen LogP contribution in [0.3, 0.4) is 0 Å². The fourth-order valence-corrected chi connectivity index (χ4v) is 4.07. The van der Waals surface area contributed by atoms with Gasteiger partial charge in [0.15, 0.2) is 0 Å². The molecule has 0 spiro atoms. The molecule has 1 aromatic heterocycles. The van der Waals surface area contributed by atoms with Gasteiger partial charge in [0.25, 0.3) is 0 Å². The first-order chi connectivity index (χ1) is 16.9. The lowest BCUT2D eigenvalue weighted by atomic mass is 10.0. The van der Waals surface area contributed by atoms with Crippen LogP contribution in [-0.4, -0.2) is 24.7 Å². The highest BCUT2D eigenvalue weighted by Gasteiger charge is 2.25. The molecule has 0 fully saturated rings. The van der Waals surface area contributed by atoms with Crippen molar-refractivity contribution in [1.82, 2.24) is 5.32 Å². The molecule has 7 heteroatoms. The van der Waals surface area contributed by atoms with Gasteiger partial charge in [-0.3, -0.25) is 0 Å². The number of furan rings is 1. The molecular formula is C28H28F2N2O3. The second-order valence-corrected chi connectivity index (χ2v) is 8.54. The molecule has 3 aromatic carbocycles. The highest BCUT2D eigenvalue weighted by atomic mass is 19.1. The number of benzene rings is 3. The minimum Gasteiger partial charge on any atom is -0.463 e. The molecule has 0 saturated heterocycles. The lowest BCUT2D eigenvalue weighted by molar-refractivity contribution is 0.0239. The molecule has 0 saturated carbocycles. The maximum Gasteiger partial charge on any atom is 0.342 e. The monoisotopic (exact) mass is 478 g/mol. The molecule has 4 rings (SSSR count). The largest absolute Gasteiger partial charge is 0.463 e. The zero-order chi connectivity index (χ0) is 24.8. The molecule has 0 radical (unpaired) electrons. The first-order valence-corrected chi connectivity index (χ1v) is 11.6. The smallest absolute Gasteiger partial charge is 0.342 e. The molecule has 0 aliphatic carbocycles. The van der Waals surface area contributed by atoms with Crippen molar-refractivity contribution < 1.29 is 22.7 Å². The quantitative estimate of drug-likeness (QED) is 0.308. The number of fused-ring (bicyclic) bond motifs is 1. The zero-order valence-electron chi connectivity index (χ0n) is 19.5. The standard InChI is InChI=1S/C28H28F2N2O3/c1-2-18-6-5-7-19(10-18)15-32-16-27(25(31)13-20-11-21(29)14-22(30)12-20)35-28(33)24-17-34-26-9-4-3-8-23(24)26/h3-12,14,17,25,27,32H,2,13,15-16,31H2,1H3/t25-,27+/m0/s1. The Kier molecular flexibility index (Phi) is 7.90. The van der Waals surface area contributed by atoms with Crippen molar-refractivity contribution >= 4 is 16.9 Å². The number of hydrogen-bond donors (Lipinski definition) is 2. The van der Waals surface area contributed by atoms with Crippen molar-refractivity contribution in [2.24, 2.45) is 5.73 Å². The SMILES string of the molecule is CCc1cccc(CNC[C@@H](OC(=O)c2coc3ccccc23)[C@@H](N)Cc2cc(F)cc(F)c2)c1. The molecule has 0 amide bonds. The fourth-order valence-electron chi connectivity index (χ4n) is 4.07. The Morgan fingerprint density at radius 2 is 1.74 bits per heavy atom. The van der Waals surface area contributed by atoms with E-state index in [1.165, 1.54) is 24.0 Å². The van der Waals surface area contributed by atoms with Crippen LogP contribution in [0.5, 0.6) is 0 Å². The van der Waals surface area contributed by atoms with E-state index in [4.69, 9.17) is 14.9 Å². The number of halogens is 2. The second-order valence-electron chi connectivity index (χ2n) is 8.54. The first-order valence-electron chi connectivity index (χ1n) is 11.6. The highest BCUT2D eigenvalue weighted by molar-refractivity contribution is 6.03. The highest BCUT2D eigenvalue weighted by Crippen LogP contribution is 2.22. The Bertz CT molecular complexity index is 1280. The van der Waals surface area contributed by atoms with Gasteiger partial charge in [-0.15, -0.1) is 0 Å². The molecule has 35 heavy (non-hydrogen) atoms. The van der Waals surface area contributed by atoms with E-state index < -0.39 is 29.7 Å². The van der Waals surface area contributed by atoms with E-state index >= 15 is 0 Å². The van der Waals surface area contributed by atoms with E-state index in [9.17, 15) is 13.6 Å². The van der Waals surface area contributed by atoms with E-state index in [2.05, 4.69) is 24.4 Å². The first kappa shape index (κ1) is 24.6. The van der Waals surface area contributed by atoms with E-state index in [0.29, 0.717) is 28.6 Å². The van der Waals surface area contributed by atoms with E-state index in [-0.39, 0.29) is 13.0 Å². The molecule has 2 atom stereocenters. The van der Waals surface area contributed by atoms with Crippen LogP contribution in [-0.2, 0) is 24.1 Å². The summed E-state index contributed by atoms with van der Waals surface area (Å²) in [6, 6.07) is 17.9. The second kappa shape index (κ2) is 11.3. The summed E-state index contributed by atoms with van der Waals surface area (Å²) in [5.41, 5.74) is 9.98. The van der Waals surface area contributed by atoms with Crippen molar-refractivity contribution in [3.63, 3.8) is 0 Å². The van der Waals surface area contributed by atoms with Gasteiger partial charge < -0.3 is 20.2 Å². The summed E-state index contributed by atoms with van der Waals surface area (Å²) < 4.78 is 38.6. The lowest BCUT2D eigenvalue weighted by Gasteiger charge is -2.25. The van der Waals surface area contributed by atoms with Crippen molar-refractivity contribution in [2.45, 2.75) is 38.5 Å². The fraction of sp³-hybridized carbons (Fsp3) is 0.250. The van der Waals surface area contributed by atoms with Gasteiger partial charge in [-0.25, -0.2) is 13.6 Å². The average molecular weight is 479 g/mol.